The number of nitrogens with zero attached hydrogens (tertiary/aromatic N) is 2. The molecule has 0 amide bonds. The number of benzene rings is 2. The van der Waals surface area contributed by atoms with Gasteiger partial charge in [0.25, 0.3) is 0 Å². The van der Waals surface area contributed by atoms with Crippen LogP contribution >= 0.6 is 23.4 Å². The molecule has 2 heterocycles. The predicted octanol–water partition coefficient (Wildman–Crippen LogP) is 5.46. The highest BCUT2D eigenvalue weighted by Crippen LogP contribution is 2.44. The number of hydrogen-bond acceptors (Lipinski definition) is 5. The van der Waals surface area contributed by atoms with Gasteiger partial charge in [-0.25, -0.2) is 23.2 Å². The van der Waals surface area contributed by atoms with Crippen molar-refractivity contribution in [2.45, 2.75) is 54.8 Å². The molecule has 2 atom stereocenters. The Kier molecular flexibility index (Phi) is 6.84. The molecule has 38 heavy (non-hydrogen) atoms. The largest absolute Gasteiger partial charge is 0.477 e. The van der Waals surface area contributed by atoms with Crippen LogP contribution < -0.4 is 10.5 Å². The molecule has 2 unspecified atom stereocenters. The number of halogens is 2. The van der Waals surface area contributed by atoms with Gasteiger partial charge in [-0.3, -0.25) is 0 Å². The normalized spacial score (nSPS) is 19.8. The second-order valence-corrected chi connectivity index (χ2v) is 12.5. The monoisotopic (exact) mass is 572 g/mol. The van der Waals surface area contributed by atoms with E-state index in [1.165, 1.54) is 17.8 Å². The summed E-state index contributed by atoms with van der Waals surface area (Å²) in [4.78, 5) is 12.0. The summed E-state index contributed by atoms with van der Waals surface area (Å²) in [7, 11) is -1.69. The van der Waals surface area contributed by atoms with E-state index in [-0.39, 0.29) is 17.4 Å². The van der Waals surface area contributed by atoms with Crippen molar-refractivity contribution in [3.8, 4) is 11.3 Å². The van der Waals surface area contributed by atoms with E-state index >= 15 is 0 Å². The van der Waals surface area contributed by atoms with Crippen LogP contribution in [0.1, 0.15) is 59.5 Å². The van der Waals surface area contributed by atoms with Crippen LogP contribution in [0.15, 0.2) is 52.4 Å². The van der Waals surface area contributed by atoms with Gasteiger partial charge in [0.05, 0.1) is 15.6 Å². The Hall–Kier alpha value is -2.66. The Morgan fingerprint density at radius 2 is 2.03 bits per heavy atom. The van der Waals surface area contributed by atoms with E-state index < -0.39 is 22.5 Å². The van der Waals surface area contributed by atoms with Crippen LogP contribution in [0.4, 0.5) is 4.39 Å². The Morgan fingerprint density at radius 3 is 2.66 bits per heavy atom. The topological polar surface area (TPSA) is 110 Å². The van der Waals surface area contributed by atoms with Crippen LogP contribution in [-0.2, 0) is 28.6 Å². The Balaban J connectivity index is 1.47. The zero-order chi connectivity index (χ0) is 26.6. The fraction of sp³-hybridized carbons (Fsp3) is 0.333. The summed E-state index contributed by atoms with van der Waals surface area (Å²) in [6.07, 6.45) is 5.53. The van der Waals surface area contributed by atoms with Gasteiger partial charge in [0.1, 0.15) is 22.5 Å². The van der Waals surface area contributed by atoms with Crippen molar-refractivity contribution in [1.29, 1.82) is 0 Å². The van der Waals surface area contributed by atoms with Crippen LogP contribution in [0.25, 0.3) is 11.3 Å². The molecule has 1 aromatic heterocycles. The minimum Gasteiger partial charge on any atom is -0.477 e. The SMILES string of the molecule is NS(=O)c1ccc(Cc2c(-c3ccc(F)c(C4CC4)c3)nn(C3NC(C(=O)O)=CS3)c2CC2CC2)cc1Cl. The fourth-order valence-corrected chi connectivity index (χ4v) is 6.71. The lowest BCUT2D eigenvalue weighted by atomic mass is 9.95. The van der Waals surface area contributed by atoms with Gasteiger partial charge in [-0.1, -0.05) is 29.4 Å². The summed E-state index contributed by atoms with van der Waals surface area (Å²) in [6, 6.07) is 10.5. The van der Waals surface area contributed by atoms with Crippen LogP contribution in [-0.4, -0.2) is 25.1 Å². The minimum absolute atomic E-state index is 0.130. The van der Waals surface area contributed by atoms with Crippen molar-refractivity contribution in [2.75, 3.05) is 0 Å². The number of carboxylic acid groups (broad SMARTS) is 1. The lowest BCUT2D eigenvalue weighted by molar-refractivity contribution is -0.133. The van der Waals surface area contributed by atoms with Crippen molar-refractivity contribution in [1.82, 2.24) is 15.1 Å². The van der Waals surface area contributed by atoms with Gasteiger partial charge in [0, 0.05) is 28.6 Å². The fourth-order valence-electron chi connectivity index (χ4n) is 4.91. The maximum absolute atomic E-state index is 14.6. The molecule has 1 aliphatic heterocycles. The molecule has 4 N–H and O–H groups in total. The van der Waals surface area contributed by atoms with Crippen molar-refractivity contribution < 1.29 is 18.5 Å². The molecule has 11 heteroatoms. The average Bonchev–Trinajstić information content (AvgIpc) is 3.80. The van der Waals surface area contributed by atoms with E-state index in [4.69, 9.17) is 21.8 Å². The van der Waals surface area contributed by atoms with Crippen LogP contribution in [0.2, 0.25) is 5.02 Å². The standard InChI is InChI=1S/C27H26ClFN4O3S2/c28-20-10-15(3-8-24(20)38(30)36)9-19-23(11-14-1-2-14)33(27-31-22(13-37-27)26(34)35)32-25(19)17-6-7-21(29)18(12-17)16-4-5-16/h3,6-8,10,12-14,16,27,31H,1-2,4-5,9,11,30H2,(H,34,35). The summed E-state index contributed by atoms with van der Waals surface area (Å²) < 4.78 is 28.3. The Bertz CT molecular complexity index is 1500. The van der Waals surface area contributed by atoms with E-state index in [0.29, 0.717) is 27.8 Å². The minimum atomic E-state index is -1.69. The van der Waals surface area contributed by atoms with E-state index in [2.05, 4.69) is 5.32 Å². The molecule has 198 valence electrons. The van der Waals surface area contributed by atoms with Gasteiger partial charge in [-0.15, -0.1) is 0 Å². The third kappa shape index (κ3) is 5.14. The zero-order valence-electron chi connectivity index (χ0n) is 20.3. The molecule has 0 spiro atoms. The first-order chi connectivity index (χ1) is 18.3. The summed E-state index contributed by atoms with van der Waals surface area (Å²) in [5.74, 6) is -0.438. The van der Waals surface area contributed by atoms with Crippen LogP contribution in [0.5, 0.6) is 0 Å². The van der Waals surface area contributed by atoms with Crippen molar-refractivity contribution >= 4 is 40.3 Å². The number of aromatic nitrogens is 2. The van der Waals surface area contributed by atoms with E-state index in [1.54, 1.807) is 23.6 Å². The molecule has 2 fully saturated rings. The number of nitrogens with one attached hydrogen (secondary N) is 1. The first-order valence-electron chi connectivity index (χ1n) is 12.5. The summed E-state index contributed by atoms with van der Waals surface area (Å²) in [5.41, 5.74) is 4.94. The Labute approximate surface area is 231 Å². The van der Waals surface area contributed by atoms with Gasteiger partial charge < -0.3 is 10.4 Å². The molecular weight excluding hydrogens is 547 g/mol. The highest BCUT2D eigenvalue weighted by atomic mass is 35.5. The van der Waals surface area contributed by atoms with E-state index in [0.717, 1.165) is 60.2 Å². The highest BCUT2D eigenvalue weighted by Gasteiger charge is 2.33. The maximum atomic E-state index is 14.6. The predicted molar refractivity (Wildman–Crippen MR) is 146 cm³/mol. The molecule has 2 aliphatic carbocycles. The van der Waals surface area contributed by atoms with E-state index in [9.17, 15) is 18.5 Å². The molecule has 3 aliphatic rings. The molecule has 0 bridgehead atoms. The van der Waals surface area contributed by atoms with Crippen molar-refractivity contribution in [3.05, 3.63) is 80.7 Å². The van der Waals surface area contributed by atoms with Crippen LogP contribution in [0.3, 0.4) is 0 Å². The molecule has 0 radical (unpaired) electrons. The molecular formula is C27H26ClFN4O3S2. The molecule has 2 aromatic carbocycles. The summed E-state index contributed by atoms with van der Waals surface area (Å²) in [5, 5.41) is 25.1. The molecule has 6 rings (SSSR count). The number of aliphatic carboxylic acids is 1. The van der Waals surface area contributed by atoms with Crippen molar-refractivity contribution in [2.24, 2.45) is 11.1 Å². The van der Waals surface area contributed by atoms with Gasteiger partial charge in [-0.2, -0.15) is 5.10 Å². The quantitative estimate of drug-likeness (QED) is 0.314. The average molecular weight is 573 g/mol. The summed E-state index contributed by atoms with van der Waals surface area (Å²) >= 11 is 7.77. The van der Waals surface area contributed by atoms with E-state index in [1.807, 2.05) is 16.8 Å². The number of hydrogen-bond donors (Lipinski definition) is 3. The van der Waals surface area contributed by atoms with Gasteiger partial charge in [0.2, 0.25) is 0 Å². The summed E-state index contributed by atoms with van der Waals surface area (Å²) in [6.45, 7) is 0. The number of nitrogens with two attached hydrogens (primary N) is 1. The van der Waals surface area contributed by atoms with Gasteiger partial charge in [0.15, 0.2) is 5.50 Å². The first kappa shape index (κ1) is 25.6. The molecule has 3 aromatic rings. The Morgan fingerprint density at radius 1 is 1.24 bits per heavy atom. The third-order valence-corrected chi connectivity index (χ3v) is 9.39. The second-order valence-electron chi connectivity index (χ2n) is 10.1. The lowest BCUT2D eigenvalue weighted by Crippen LogP contribution is -2.25. The molecule has 7 nitrogen and oxygen atoms in total. The number of carbonyl (C=O) groups is 1. The lowest BCUT2D eigenvalue weighted by Gasteiger charge is -2.16. The number of rotatable bonds is 9. The second kappa shape index (κ2) is 10.1. The smallest absolute Gasteiger partial charge is 0.352 e. The highest BCUT2D eigenvalue weighted by molar-refractivity contribution is 8.02. The third-order valence-electron chi connectivity index (χ3n) is 7.22. The number of thioether (sulfide) groups is 1. The number of carboxylic acids is 1. The molecule has 2 saturated carbocycles. The maximum Gasteiger partial charge on any atom is 0.352 e. The van der Waals surface area contributed by atoms with Crippen LogP contribution in [0, 0.1) is 11.7 Å². The van der Waals surface area contributed by atoms with Gasteiger partial charge >= 0.3 is 5.97 Å². The van der Waals surface area contributed by atoms with Gasteiger partial charge in [-0.05, 0) is 85.4 Å². The first-order valence-corrected chi connectivity index (χ1v) is 15.0. The zero-order valence-corrected chi connectivity index (χ0v) is 22.7. The van der Waals surface area contributed by atoms with Crippen molar-refractivity contribution in [3.63, 3.8) is 0 Å². The molecule has 0 saturated heterocycles.